The first-order chi connectivity index (χ1) is 12.5. The Labute approximate surface area is 154 Å². The van der Waals surface area contributed by atoms with Gasteiger partial charge in [-0.3, -0.25) is 9.59 Å². The third-order valence-electron chi connectivity index (χ3n) is 4.42. The lowest BCUT2D eigenvalue weighted by Gasteiger charge is -2.23. The second kappa shape index (κ2) is 9.61. The lowest BCUT2D eigenvalue weighted by atomic mass is 9.97. The fourth-order valence-electron chi connectivity index (χ4n) is 2.60. The molecular weight excluding hydrogens is 328 g/mol. The van der Waals surface area contributed by atoms with E-state index in [-0.39, 0.29) is 17.7 Å². The molecule has 0 aromatic heterocycles. The molecule has 0 bridgehead atoms. The third-order valence-corrected chi connectivity index (χ3v) is 4.42. The van der Waals surface area contributed by atoms with Crippen molar-refractivity contribution >= 4 is 11.8 Å². The van der Waals surface area contributed by atoms with Crippen LogP contribution in [0.1, 0.15) is 36.2 Å². The van der Waals surface area contributed by atoms with Crippen LogP contribution in [0.25, 0.3) is 0 Å². The average molecular weight is 354 g/mol. The summed E-state index contributed by atoms with van der Waals surface area (Å²) in [6.45, 7) is 4.34. The van der Waals surface area contributed by atoms with Crippen LogP contribution in [0.5, 0.6) is 5.75 Å². The van der Waals surface area contributed by atoms with Gasteiger partial charge in [-0.1, -0.05) is 50.6 Å². The van der Waals surface area contributed by atoms with E-state index >= 15 is 0 Å². The van der Waals surface area contributed by atoms with Gasteiger partial charge in [0.2, 0.25) is 5.91 Å². The van der Waals surface area contributed by atoms with E-state index in [1.807, 2.05) is 44.2 Å². The van der Waals surface area contributed by atoms with Crippen LogP contribution in [-0.4, -0.2) is 25.0 Å². The number of hydrogen-bond acceptors (Lipinski definition) is 3. The van der Waals surface area contributed by atoms with Gasteiger partial charge in [0.25, 0.3) is 5.91 Å². The zero-order valence-electron chi connectivity index (χ0n) is 15.5. The topological polar surface area (TPSA) is 67.4 Å². The van der Waals surface area contributed by atoms with Crippen LogP contribution in [0, 0.1) is 5.92 Å². The molecule has 2 aromatic rings. The molecule has 0 aliphatic rings. The Kier molecular flexibility index (Phi) is 7.21. The zero-order chi connectivity index (χ0) is 18.9. The molecule has 0 saturated heterocycles. The minimum atomic E-state index is -0.585. The highest BCUT2D eigenvalue weighted by molar-refractivity contribution is 5.97. The Morgan fingerprint density at radius 3 is 2.46 bits per heavy atom. The Bertz CT molecular complexity index is 731. The summed E-state index contributed by atoms with van der Waals surface area (Å²) in [5.41, 5.74) is 1.48. The molecule has 26 heavy (non-hydrogen) atoms. The highest BCUT2D eigenvalue weighted by Gasteiger charge is 2.26. The summed E-state index contributed by atoms with van der Waals surface area (Å²) in [4.78, 5) is 25.1. The average Bonchev–Trinajstić information content (AvgIpc) is 2.70. The predicted molar refractivity (Wildman–Crippen MR) is 102 cm³/mol. The van der Waals surface area contributed by atoms with Crippen molar-refractivity contribution in [3.05, 3.63) is 65.7 Å². The Hall–Kier alpha value is -2.82. The summed E-state index contributed by atoms with van der Waals surface area (Å²) in [6.07, 6.45) is 0.784. The summed E-state index contributed by atoms with van der Waals surface area (Å²) in [5, 5.41) is 5.78. The van der Waals surface area contributed by atoms with Crippen LogP contribution in [-0.2, 0) is 11.3 Å². The van der Waals surface area contributed by atoms with Crippen molar-refractivity contribution in [2.45, 2.75) is 32.9 Å². The molecular formula is C21H26N2O3. The van der Waals surface area contributed by atoms with Crippen molar-refractivity contribution in [1.29, 1.82) is 0 Å². The number of nitrogens with one attached hydrogen (secondary N) is 2. The number of benzene rings is 2. The quantitative estimate of drug-likeness (QED) is 0.765. The molecule has 0 heterocycles. The second-order valence-corrected chi connectivity index (χ2v) is 6.27. The number of carbonyl (C=O) groups is 2. The second-order valence-electron chi connectivity index (χ2n) is 6.27. The highest BCUT2D eigenvalue weighted by Crippen LogP contribution is 2.13. The van der Waals surface area contributed by atoms with E-state index in [9.17, 15) is 9.59 Å². The molecule has 2 unspecified atom stereocenters. The van der Waals surface area contributed by atoms with E-state index in [1.165, 1.54) is 0 Å². The monoisotopic (exact) mass is 354 g/mol. The molecule has 5 nitrogen and oxygen atoms in total. The number of methoxy groups -OCH3 is 1. The van der Waals surface area contributed by atoms with Gasteiger partial charge >= 0.3 is 0 Å². The molecule has 0 aliphatic carbocycles. The Morgan fingerprint density at radius 1 is 1.08 bits per heavy atom. The Morgan fingerprint density at radius 2 is 1.81 bits per heavy atom. The van der Waals surface area contributed by atoms with Gasteiger partial charge in [0.05, 0.1) is 7.11 Å². The third kappa shape index (κ3) is 5.34. The maximum atomic E-state index is 12.7. The lowest BCUT2D eigenvalue weighted by molar-refractivity contribution is -0.124. The van der Waals surface area contributed by atoms with Crippen molar-refractivity contribution in [2.24, 2.45) is 5.92 Å². The largest absolute Gasteiger partial charge is 0.497 e. The van der Waals surface area contributed by atoms with Crippen molar-refractivity contribution in [1.82, 2.24) is 10.6 Å². The van der Waals surface area contributed by atoms with Crippen LogP contribution in [0.2, 0.25) is 0 Å². The maximum absolute atomic E-state index is 12.7. The molecule has 0 radical (unpaired) electrons. The fraction of sp³-hybridized carbons (Fsp3) is 0.333. The van der Waals surface area contributed by atoms with E-state index < -0.39 is 6.04 Å². The van der Waals surface area contributed by atoms with Gasteiger partial charge in [0.15, 0.2) is 0 Å². The SMILES string of the molecule is CCC(C)C(NC(=O)c1ccccc1)C(=O)NCc1cccc(OC)c1. The van der Waals surface area contributed by atoms with E-state index in [2.05, 4.69) is 10.6 Å². The first-order valence-corrected chi connectivity index (χ1v) is 8.81. The predicted octanol–water partition coefficient (Wildman–Crippen LogP) is 3.16. The van der Waals surface area contributed by atoms with E-state index in [4.69, 9.17) is 4.74 Å². The van der Waals surface area contributed by atoms with Gasteiger partial charge in [-0.2, -0.15) is 0 Å². The van der Waals surface area contributed by atoms with Crippen molar-refractivity contribution < 1.29 is 14.3 Å². The molecule has 2 rings (SSSR count). The van der Waals surface area contributed by atoms with Crippen LogP contribution < -0.4 is 15.4 Å². The van der Waals surface area contributed by atoms with Crippen LogP contribution in [0.3, 0.4) is 0 Å². The van der Waals surface area contributed by atoms with E-state index in [1.54, 1.807) is 31.4 Å². The summed E-state index contributed by atoms with van der Waals surface area (Å²) in [7, 11) is 1.61. The molecule has 2 atom stereocenters. The number of rotatable bonds is 8. The summed E-state index contributed by atoms with van der Waals surface area (Å²) in [5.74, 6) is 0.333. The van der Waals surface area contributed by atoms with Crippen molar-refractivity contribution in [2.75, 3.05) is 7.11 Å². The molecule has 2 N–H and O–H groups in total. The molecule has 0 aliphatic heterocycles. The molecule has 0 saturated carbocycles. The molecule has 138 valence electrons. The van der Waals surface area contributed by atoms with Gasteiger partial charge in [-0.25, -0.2) is 0 Å². The van der Waals surface area contributed by atoms with E-state index in [0.29, 0.717) is 12.1 Å². The van der Waals surface area contributed by atoms with Crippen LogP contribution in [0.15, 0.2) is 54.6 Å². The van der Waals surface area contributed by atoms with Gasteiger partial charge in [0.1, 0.15) is 11.8 Å². The number of ether oxygens (including phenoxy) is 1. The number of carbonyl (C=O) groups excluding carboxylic acids is 2. The molecule has 0 fully saturated rings. The zero-order valence-corrected chi connectivity index (χ0v) is 15.5. The maximum Gasteiger partial charge on any atom is 0.251 e. The van der Waals surface area contributed by atoms with Gasteiger partial charge in [-0.05, 0) is 35.7 Å². The first-order valence-electron chi connectivity index (χ1n) is 8.81. The fourth-order valence-corrected chi connectivity index (χ4v) is 2.60. The number of hydrogen-bond donors (Lipinski definition) is 2. The van der Waals surface area contributed by atoms with Crippen molar-refractivity contribution in [3.8, 4) is 5.75 Å². The first kappa shape index (κ1) is 19.5. The summed E-state index contributed by atoms with van der Waals surface area (Å²) < 4.78 is 5.20. The number of amides is 2. The molecule has 5 heteroatoms. The molecule has 2 amide bonds. The summed E-state index contributed by atoms with van der Waals surface area (Å²) >= 11 is 0. The lowest BCUT2D eigenvalue weighted by Crippen LogP contribution is -2.50. The smallest absolute Gasteiger partial charge is 0.251 e. The molecule has 2 aromatic carbocycles. The van der Waals surface area contributed by atoms with Crippen LogP contribution in [0.4, 0.5) is 0 Å². The summed E-state index contributed by atoms with van der Waals surface area (Å²) in [6, 6.07) is 15.9. The molecule has 0 spiro atoms. The standard InChI is InChI=1S/C21H26N2O3/c1-4-15(2)19(23-20(24)17-10-6-5-7-11-17)21(25)22-14-16-9-8-12-18(13-16)26-3/h5-13,15,19H,4,14H2,1-3H3,(H,22,25)(H,23,24). The van der Waals surface area contributed by atoms with Crippen molar-refractivity contribution in [3.63, 3.8) is 0 Å². The van der Waals surface area contributed by atoms with Crippen LogP contribution >= 0.6 is 0 Å². The Balaban J connectivity index is 2.03. The minimum absolute atomic E-state index is 0.0213. The normalized spacial score (nSPS) is 12.7. The highest BCUT2D eigenvalue weighted by atomic mass is 16.5. The van der Waals surface area contributed by atoms with E-state index in [0.717, 1.165) is 17.7 Å². The minimum Gasteiger partial charge on any atom is -0.497 e. The van der Waals surface area contributed by atoms with Gasteiger partial charge in [0, 0.05) is 12.1 Å². The van der Waals surface area contributed by atoms with Gasteiger partial charge < -0.3 is 15.4 Å². The van der Waals surface area contributed by atoms with Gasteiger partial charge in [-0.15, -0.1) is 0 Å².